The van der Waals surface area contributed by atoms with Gasteiger partial charge in [0.05, 0.1) is 0 Å². The van der Waals surface area contributed by atoms with Crippen molar-refractivity contribution in [2.75, 3.05) is 0 Å². The van der Waals surface area contributed by atoms with E-state index in [9.17, 15) is 0 Å². The van der Waals surface area contributed by atoms with Gasteiger partial charge < -0.3 is 0 Å². The fourth-order valence-corrected chi connectivity index (χ4v) is 5.92. The first kappa shape index (κ1) is 20.5. The summed E-state index contributed by atoms with van der Waals surface area (Å²) in [7, 11) is 0. The molecular formula is C32H30. The molecule has 32 heavy (non-hydrogen) atoms. The highest BCUT2D eigenvalue weighted by Gasteiger charge is 2.42. The maximum absolute atomic E-state index is 4.31. The van der Waals surface area contributed by atoms with Crippen molar-refractivity contribution in [2.24, 2.45) is 0 Å². The largest absolute Gasteiger partial charge is 0.0987 e. The van der Waals surface area contributed by atoms with Crippen molar-refractivity contribution >= 4 is 17.2 Å². The Labute approximate surface area is 192 Å². The standard InChI is InChI=1S/C32H30/c1-7-22-24-17-13-14-18-25(24)26-19-28-31(23(8-2)30(22)26)29(27(9-3)32(28,5)6)20(4)21-15-11-10-12-16-21/h7-20H,2-3H2,1,4-6H3/b22-7-. The number of fused-ring (bicyclic) bond motifs is 4. The molecule has 0 bridgehead atoms. The first-order valence-electron chi connectivity index (χ1n) is 11.5. The molecule has 5 rings (SSSR count). The van der Waals surface area contributed by atoms with Crippen LogP contribution in [-0.2, 0) is 5.41 Å². The summed E-state index contributed by atoms with van der Waals surface area (Å²) >= 11 is 0. The summed E-state index contributed by atoms with van der Waals surface area (Å²) in [4.78, 5) is 0. The van der Waals surface area contributed by atoms with Gasteiger partial charge in [0, 0.05) is 11.3 Å². The van der Waals surface area contributed by atoms with E-state index in [0.717, 1.165) is 0 Å². The van der Waals surface area contributed by atoms with Gasteiger partial charge >= 0.3 is 0 Å². The SMILES string of the molecule is C=CC1=C(C(C)c2ccccc2)c2c(cc3c(c2C=C)/C(=C\C)c2ccccc2-3)C1(C)C. The fraction of sp³-hybridized carbons (Fsp3) is 0.188. The third kappa shape index (κ3) is 2.62. The van der Waals surface area contributed by atoms with Crippen LogP contribution < -0.4 is 0 Å². The molecule has 2 aliphatic carbocycles. The Morgan fingerprint density at radius 1 is 0.812 bits per heavy atom. The molecule has 3 aromatic carbocycles. The van der Waals surface area contributed by atoms with E-state index in [4.69, 9.17) is 0 Å². The predicted octanol–water partition coefficient (Wildman–Crippen LogP) is 8.80. The quantitative estimate of drug-likeness (QED) is 0.313. The van der Waals surface area contributed by atoms with E-state index in [1.165, 1.54) is 61.2 Å². The number of hydrogen-bond donors (Lipinski definition) is 0. The van der Waals surface area contributed by atoms with E-state index in [-0.39, 0.29) is 11.3 Å². The summed E-state index contributed by atoms with van der Waals surface area (Å²) in [5.74, 6) is 0.263. The van der Waals surface area contributed by atoms with Gasteiger partial charge in [-0.15, -0.1) is 0 Å². The molecule has 0 heterocycles. The van der Waals surface area contributed by atoms with Gasteiger partial charge in [-0.05, 0) is 74.2 Å². The topological polar surface area (TPSA) is 0 Å². The molecule has 0 saturated carbocycles. The van der Waals surface area contributed by atoms with E-state index < -0.39 is 0 Å². The highest BCUT2D eigenvalue weighted by Crippen LogP contribution is 2.57. The van der Waals surface area contributed by atoms with Crippen LogP contribution in [0.15, 0.2) is 91.5 Å². The van der Waals surface area contributed by atoms with Crippen molar-refractivity contribution in [3.8, 4) is 11.1 Å². The van der Waals surface area contributed by atoms with Crippen molar-refractivity contribution in [2.45, 2.75) is 39.0 Å². The van der Waals surface area contributed by atoms with Crippen LogP contribution in [0.1, 0.15) is 67.0 Å². The molecule has 1 unspecified atom stereocenters. The Morgan fingerprint density at radius 3 is 2.09 bits per heavy atom. The summed E-state index contributed by atoms with van der Waals surface area (Å²) < 4.78 is 0. The van der Waals surface area contributed by atoms with E-state index in [1.54, 1.807) is 0 Å². The molecule has 0 saturated heterocycles. The van der Waals surface area contributed by atoms with Crippen LogP contribution in [-0.4, -0.2) is 0 Å². The molecule has 3 aromatic rings. The lowest BCUT2D eigenvalue weighted by atomic mass is 9.79. The fourth-order valence-electron chi connectivity index (χ4n) is 5.92. The Kier molecular flexibility index (Phi) is 4.71. The Bertz CT molecular complexity index is 1330. The maximum Gasteiger partial charge on any atom is 0.0156 e. The van der Waals surface area contributed by atoms with Gasteiger partial charge in [-0.25, -0.2) is 0 Å². The second-order valence-electron chi connectivity index (χ2n) is 9.38. The summed E-state index contributed by atoms with van der Waals surface area (Å²) in [6, 6.07) is 22.0. The zero-order valence-corrected chi connectivity index (χ0v) is 19.5. The lowest BCUT2D eigenvalue weighted by Gasteiger charge is -2.24. The van der Waals surface area contributed by atoms with Crippen molar-refractivity contribution in [1.82, 2.24) is 0 Å². The summed E-state index contributed by atoms with van der Waals surface area (Å²) in [6.45, 7) is 17.7. The lowest BCUT2D eigenvalue weighted by molar-refractivity contribution is 0.653. The minimum Gasteiger partial charge on any atom is -0.0987 e. The summed E-state index contributed by atoms with van der Waals surface area (Å²) in [6.07, 6.45) is 6.41. The second kappa shape index (κ2) is 7.35. The molecule has 0 fully saturated rings. The molecule has 2 aliphatic rings. The molecule has 0 amide bonds. The van der Waals surface area contributed by atoms with Gasteiger partial charge in [0.25, 0.3) is 0 Å². The van der Waals surface area contributed by atoms with E-state index in [2.05, 4.69) is 120 Å². The van der Waals surface area contributed by atoms with Crippen LogP contribution in [0.4, 0.5) is 0 Å². The average Bonchev–Trinajstić information content (AvgIpc) is 3.26. The average molecular weight is 415 g/mol. The maximum atomic E-state index is 4.31. The first-order valence-corrected chi connectivity index (χ1v) is 11.5. The molecular weight excluding hydrogens is 384 g/mol. The molecule has 1 atom stereocenters. The van der Waals surface area contributed by atoms with Crippen LogP contribution in [0.2, 0.25) is 0 Å². The van der Waals surface area contributed by atoms with E-state index >= 15 is 0 Å². The van der Waals surface area contributed by atoms with Gasteiger partial charge in [0.15, 0.2) is 0 Å². The minimum atomic E-state index is -0.115. The third-order valence-corrected chi connectivity index (χ3v) is 7.48. The molecule has 0 aliphatic heterocycles. The van der Waals surface area contributed by atoms with Crippen LogP contribution in [0, 0.1) is 0 Å². The highest BCUT2D eigenvalue weighted by molar-refractivity contribution is 6.07. The second-order valence-corrected chi connectivity index (χ2v) is 9.38. The van der Waals surface area contributed by atoms with Gasteiger partial charge in [-0.2, -0.15) is 0 Å². The lowest BCUT2D eigenvalue weighted by Crippen LogP contribution is -2.16. The smallest absolute Gasteiger partial charge is 0.0156 e. The Balaban J connectivity index is 1.88. The number of benzene rings is 3. The van der Waals surface area contributed by atoms with Gasteiger partial charge in [-0.1, -0.05) is 107 Å². The summed E-state index contributed by atoms with van der Waals surface area (Å²) in [5.41, 5.74) is 14.5. The molecule has 0 spiro atoms. The molecule has 0 heteroatoms. The Hall–Kier alpha value is -3.38. The number of allylic oxidation sites excluding steroid dienone is 4. The van der Waals surface area contributed by atoms with Crippen LogP contribution in [0.25, 0.3) is 28.3 Å². The van der Waals surface area contributed by atoms with Crippen LogP contribution >= 0.6 is 0 Å². The summed E-state index contributed by atoms with van der Waals surface area (Å²) in [5, 5.41) is 0. The van der Waals surface area contributed by atoms with Gasteiger partial charge in [0.1, 0.15) is 0 Å². The first-order chi connectivity index (χ1) is 15.5. The molecule has 158 valence electrons. The predicted molar refractivity (Wildman–Crippen MR) is 140 cm³/mol. The zero-order valence-electron chi connectivity index (χ0n) is 19.5. The number of hydrogen-bond acceptors (Lipinski definition) is 0. The molecule has 0 aromatic heterocycles. The highest BCUT2D eigenvalue weighted by atomic mass is 14.4. The van der Waals surface area contributed by atoms with Crippen molar-refractivity contribution in [3.63, 3.8) is 0 Å². The monoisotopic (exact) mass is 414 g/mol. The van der Waals surface area contributed by atoms with Crippen LogP contribution in [0.3, 0.4) is 0 Å². The van der Waals surface area contributed by atoms with Crippen molar-refractivity contribution in [1.29, 1.82) is 0 Å². The third-order valence-electron chi connectivity index (χ3n) is 7.48. The van der Waals surface area contributed by atoms with Crippen molar-refractivity contribution in [3.05, 3.63) is 125 Å². The van der Waals surface area contributed by atoms with Gasteiger partial charge in [-0.3, -0.25) is 0 Å². The normalized spacial score (nSPS) is 17.7. The zero-order chi connectivity index (χ0) is 22.6. The molecule has 0 N–H and O–H groups in total. The van der Waals surface area contributed by atoms with E-state index in [1.807, 2.05) is 0 Å². The minimum absolute atomic E-state index is 0.115. The Morgan fingerprint density at radius 2 is 1.47 bits per heavy atom. The van der Waals surface area contributed by atoms with Crippen molar-refractivity contribution < 1.29 is 0 Å². The van der Waals surface area contributed by atoms with Gasteiger partial charge in [0.2, 0.25) is 0 Å². The number of rotatable bonds is 4. The molecule has 0 radical (unpaired) electrons. The van der Waals surface area contributed by atoms with Crippen LogP contribution in [0.5, 0.6) is 0 Å². The van der Waals surface area contributed by atoms with E-state index in [0.29, 0.717) is 0 Å². The molecule has 0 nitrogen and oxygen atoms in total.